The van der Waals surface area contributed by atoms with Gasteiger partial charge in [0.05, 0.1) is 4.92 Å². The summed E-state index contributed by atoms with van der Waals surface area (Å²) in [7, 11) is 0. The van der Waals surface area contributed by atoms with Crippen LogP contribution in [0.2, 0.25) is 0 Å². The Labute approximate surface area is 188 Å². The predicted octanol–water partition coefficient (Wildman–Crippen LogP) is 3.69. The minimum atomic E-state index is -0.457. The molecule has 8 nitrogen and oxygen atoms in total. The van der Waals surface area contributed by atoms with Gasteiger partial charge in [-0.15, -0.1) is 11.3 Å². The molecule has 1 N–H and O–H groups in total. The van der Waals surface area contributed by atoms with Crippen LogP contribution in [0.15, 0.2) is 58.7 Å². The number of rotatable bonds is 5. The number of thiophene rings is 1. The summed E-state index contributed by atoms with van der Waals surface area (Å²) in [6.07, 6.45) is 0.943. The molecule has 2 bridgehead atoms. The zero-order chi connectivity index (χ0) is 22.2. The molecule has 1 aromatic carbocycles. The van der Waals surface area contributed by atoms with Gasteiger partial charge in [-0.05, 0) is 42.0 Å². The maximum Gasteiger partial charge on any atom is 0.293 e. The quantitative estimate of drug-likeness (QED) is 0.472. The molecule has 5 rings (SSSR count). The zero-order valence-corrected chi connectivity index (χ0v) is 18.1. The first kappa shape index (κ1) is 20.4. The molecular formula is C23H22N4O4S. The zero-order valence-electron chi connectivity index (χ0n) is 17.3. The molecule has 2 aromatic heterocycles. The van der Waals surface area contributed by atoms with E-state index < -0.39 is 4.92 Å². The molecule has 2 aliphatic heterocycles. The standard InChI is InChI=1S/C23H22N4O4S/c28-22-5-1-4-20-17-9-15(13-26(20)22)12-25(14-17)23(29)16-6-7-19(21(10-16)27(30)31)24-11-18-3-2-8-32-18/h1-8,10,15,17,24H,9,11-14H2. The molecule has 0 saturated carbocycles. The molecule has 0 radical (unpaired) electrons. The summed E-state index contributed by atoms with van der Waals surface area (Å²) in [4.78, 5) is 39.5. The Kier molecular flexibility index (Phi) is 5.26. The SMILES string of the molecule is O=C(c1ccc(NCc2cccs2)c([N+](=O)[O-])c1)N1CC2CC(C1)c1cccc(=O)n1C2. The van der Waals surface area contributed by atoms with Crippen molar-refractivity contribution in [3.8, 4) is 0 Å². The third-order valence-electron chi connectivity index (χ3n) is 6.24. The number of nitro groups is 1. The van der Waals surface area contributed by atoms with Crippen molar-refractivity contribution in [1.82, 2.24) is 9.47 Å². The second-order valence-corrected chi connectivity index (χ2v) is 9.36. The number of nitrogens with one attached hydrogen (secondary N) is 1. The number of nitro benzene ring substituents is 1. The number of benzene rings is 1. The van der Waals surface area contributed by atoms with Crippen molar-refractivity contribution in [2.75, 3.05) is 18.4 Å². The van der Waals surface area contributed by atoms with E-state index in [9.17, 15) is 19.7 Å². The molecule has 2 aliphatic rings. The third-order valence-corrected chi connectivity index (χ3v) is 7.12. The van der Waals surface area contributed by atoms with Crippen molar-refractivity contribution >= 4 is 28.6 Å². The van der Waals surface area contributed by atoms with Gasteiger partial charge in [-0.2, -0.15) is 0 Å². The second kappa shape index (κ2) is 8.23. The summed E-state index contributed by atoms with van der Waals surface area (Å²) >= 11 is 1.57. The lowest BCUT2D eigenvalue weighted by atomic mass is 9.83. The summed E-state index contributed by atoms with van der Waals surface area (Å²) < 4.78 is 1.82. The van der Waals surface area contributed by atoms with E-state index in [2.05, 4.69) is 5.32 Å². The number of likely N-dealkylation sites (tertiary alicyclic amines) is 1. The summed E-state index contributed by atoms with van der Waals surface area (Å²) in [6.45, 7) is 2.13. The fourth-order valence-corrected chi connectivity index (χ4v) is 5.45. The fourth-order valence-electron chi connectivity index (χ4n) is 4.81. The maximum atomic E-state index is 13.3. The van der Waals surface area contributed by atoms with Crippen LogP contribution in [0.5, 0.6) is 0 Å². The first-order valence-corrected chi connectivity index (χ1v) is 11.4. The van der Waals surface area contributed by atoms with Gasteiger partial charge in [0.2, 0.25) is 0 Å². The Bertz CT molecular complexity index is 1240. The normalized spacial score (nSPS) is 19.3. The Morgan fingerprint density at radius 1 is 1.16 bits per heavy atom. The summed E-state index contributed by atoms with van der Waals surface area (Å²) in [5.74, 6) is 0.0911. The Hall–Kier alpha value is -3.46. The number of nitrogens with zero attached hydrogens (tertiary/aromatic N) is 3. The highest BCUT2D eigenvalue weighted by Crippen LogP contribution is 2.36. The average Bonchev–Trinajstić information content (AvgIpc) is 3.31. The van der Waals surface area contributed by atoms with Crippen LogP contribution in [0.4, 0.5) is 11.4 Å². The summed E-state index contributed by atoms with van der Waals surface area (Å²) in [5.41, 5.74) is 1.55. The molecule has 2 unspecified atom stereocenters. The molecule has 1 amide bonds. The van der Waals surface area contributed by atoms with Crippen LogP contribution in [0.1, 0.15) is 33.3 Å². The number of hydrogen-bond acceptors (Lipinski definition) is 6. The van der Waals surface area contributed by atoms with E-state index in [-0.39, 0.29) is 29.0 Å². The van der Waals surface area contributed by atoms with Crippen molar-refractivity contribution in [3.63, 3.8) is 0 Å². The smallest absolute Gasteiger partial charge is 0.293 e. The monoisotopic (exact) mass is 450 g/mol. The number of carbonyl (C=O) groups is 1. The minimum Gasteiger partial charge on any atom is -0.375 e. The number of hydrogen-bond donors (Lipinski definition) is 1. The van der Waals surface area contributed by atoms with E-state index in [0.717, 1.165) is 17.0 Å². The lowest BCUT2D eigenvalue weighted by Gasteiger charge is -2.42. The van der Waals surface area contributed by atoms with Gasteiger partial charge in [-0.25, -0.2) is 0 Å². The van der Waals surface area contributed by atoms with Gasteiger partial charge in [0, 0.05) is 60.4 Å². The van der Waals surface area contributed by atoms with E-state index in [1.807, 2.05) is 28.1 Å². The molecule has 1 saturated heterocycles. The number of anilines is 1. The van der Waals surface area contributed by atoms with Crippen LogP contribution < -0.4 is 10.9 Å². The highest BCUT2D eigenvalue weighted by Gasteiger charge is 2.36. The van der Waals surface area contributed by atoms with Gasteiger partial charge in [-0.1, -0.05) is 12.1 Å². The molecule has 9 heteroatoms. The Balaban J connectivity index is 1.37. The number of piperidine rings is 1. The molecule has 0 aliphatic carbocycles. The first-order valence-electron chi connectivity index (χ1n) is 10.5. The number of amides is 1. The fraction of sp³-hybridized carbons (Fsp3) is 0.304. The predicted molar refractivity (Wildman–Crippen MR) is 122 cm³/mol. The van der Waals surface area contributed by atoms with Gasteiger partial charge >= 0.3 is 0 Å². The third kappa shape index (κ3) is 3.80. The van der Waals surface area contributed by atoms with Gasteiger partial charge in [0.15, 0.2) is 0 Å². The number of pyridine rings is 1. The largest absolute Gasteiger partial charge is 0.375 e. The first-order chi connectivity index (χ1) is 15.5. The molecule has 32 heavy (non-hydrogen) atoms. The molecule has 0 spiro atoms. The van der Waals surface area contributed by atoms with E-state index in [4.69, 9.17) is 0 Å². The molecule has 4 heterocycles. The lowest BCUT2D eigenvalue weighted by Crippen LogP contribution is -2.49. The van der Waals surface area contributed by atoms with Crippen molar-refractivity contribution < 1.29 is 9.72 Å². The minimum absolute atomic E-state index is 0.00163. The molecule has 164 valence electrons. The summed E-state index contributed by atoms with van der Waals surface area (Å²) in [5, 5.41) is 16.7. The molecular weight excluding hydrogens is 428 g/mol. The lowest BCUT2D eigenvalue weighted by molar-refractivity contribution is -0.384. The summed E-state index contributed by atoms with van der Waals surface area (Å²) in [6, 6.07) is 13.8. The van der Waals surface area contributed by atoms with Gasteiger partial charge in [-0.3, -0.25) is 19.7 Å². The topological polar surface area (TPSA) is 97.5 Å². The van der Waals surface area contributed by atoms with Crippen LogP contribution in [-0.2, 0) is 13.1 Å². The van der Waals surface area contributed by atoms with Crippen molar-refractivity contribution in [3.05, 3.63) is 90.5 Å². The van der Waals surface area contributed by atoms with E-state index in [0.29, 0.717) is 37.4 Å². The number of carbonyl (C=O) groups excluding carboxylic acids is 1. The van der Waals surface area contributed by atoms with E-state index in [1.165, 1.54) is 6.07 Å². The van der Waals surface area contributed by atoms with E-state index >= 15 is 0 Å². The second-order valence-electron chi connectivity index (χ2n) is 8.33. The molecule has 1 fully saturated rings. The van der Waals surface area contributed by atoms with Crippen LogP contribution in [0, 0.1) is 16.0 Å². The van der Waals surface area contributed by atoms with E-state index in [1.54, 1.807) is 40.5 Å². The van der Waals surface area contributed by atoms with Crippen LogP contribution >= 0.6 is 11.3 Å². The maximum absolute atomic E-state index is 13.3. The molecule has 2 atom stereocenters. The molecule has 3 aromatic rings. The highest BCUT2D eigenvalue weighted by atomic mass is 32.1. The average molecular weight is 451 g/mol. The van der Waals surface area contributed by atoms with Gasteiger partial charge < -0.3 is 14.8 Å². The van der Waals surface area contributed by atoms with Gasteiger partial charge in [0.25, 0.3) is 17.2 Å². The van der Waals surface area contributed by atoms with Crippen molar-refractivity contribution in [1.29, 1.82) is 0 Å². The number of fused-ring (bicyclic) bond motifs is 4. The van der Waals surface area contributed by atoms with Crippen LogP contribution in [-0.4, -0.2) is 33.4 Å². The Morgan fingerprint density at radius 2 is 2.03 bits per heavy atom. The van der Waals surface area contributed by atoms with Crippen molar-refractivity contribution in [2.24, 2.45) is 5.92 Å². The van der Waals surface area contributed by atoms with Crippen molar-refractivity contribution in [2.45, 2.75) is 25.4 Å². The van der Waals surface area contributed by atoms with Crippen LogP contribution in [0.25, 0.3) is 0 Å². The highest BCUT2D eigenvalue weighted by molar-refractivity contribution is 7.09. The van der Waals surface area contributed by atoms with Gasteiger partial charge in [0.1, 0.15) is 5.69 Å². The Morgan fingerprint density at radius 3 is 2.81 bits per heavy atom. The number of aromatic nitrogens is 1. The van der Waals surface area contributed by atoms with Crippen LogP contribution in [0.3, 0.4) is 0 Å².